The monoisotopic (exact) mass is 340 g/mol. The van der Waals surface area contributed by atoms with Gasteiger partial charge in [-0.25, -0.2) is 0 Å². The summed E-state index contributed by atoms with van der Waals surface area (Å²) in [5.41, 5.74) is 1.40. The van der Waals surface area contributed by atoms with Gasteiger partial charge in [-0.05, 0) is 62.6 Å². The van der Waals surface area contributed by atoms with E-state index in [0.717, 1.165) is 25.7 Å². The number of benzene rings is 1. The van der Waals surface area contributed by atoms with Crippen LogP contribution in [0.4, 0.5) is 0 Å². The van der Waals surface area contributed by atoms with Crippen LogP contribution in [0.1, 0.15) is 41.0 Å². The van der Waals surface area contributed by atoms with E-state index in [1.54, 1.807) is 0 Å². The molecule has 0 N–H and O–H groups in total. The summed E-state index contributed by atoms with van der Waals surface area (Å²) in [6, 6.07) is 15.0. The van der Waals surface area contributed by atoms with Gasteiger partial charge in [-0.3, -0.25) is 0 Å². The second-order valence-electron chi connectivity index (χ2n) is 5.29. The maximum atomic E-state index is 10.3. The largest absolute Gasteiger partial charge is 1.00 e. The molecule has 0 bridgehead atoms. The zero-order valence-electron chi connectivity index (χ0n) is 13.2. The van der Waals surface area contributed by atoms with Crippen LogP contribution in [0.3, 0.4) is 0 Å². The van der Waals surface area contributed by atoms with Crippen molar-refractivity contribution in [3.05, 3.63) is 57.8 Å². The average molecular weight is 341 g/mol. The van der Waals surface area contributed by atoms with Gasteiger partial charge in [-0.15, -0.1) is 11.3 Å². The molecule has 0 aliphatic heterocycles. The first-order valence-electron chi connectivity index (χ1n) is 7.55. The molecule has 2 rings (SSSR count). The molecule has 22 heavy (non-hydrogen) atoms. The van der Waals surface area contributed by atoms with Crippen LogP contribution in [-0.2, 0) is 24.1 Å². The summed E-state index contributed by atoms with van der Waals surface area (Å²) >= 11 is 1.86. The van der Waals surface area contributed by atoms with Crippen LogP contribution in [0.5, 0.6) is 0 Å². The number of hydrogen-bond donors (Lipinski definition) is 0. The van der Waals surface area contributed by atoms with Crippen molar-refractivity contribution in [1.82, 2.24) is 0 Å². The normalized spacial score (nSPS) is 10.2. The Hall–Kier alpha value is 0.0264. The van der Waals surface area contributed by atoms with Gasteiger partial charge in [-0.2, -0.15) is 0 Å². The van der Waals surface area contributed by atoms with E-state index in [1.807, 2.05) is 11.3 Å². The van der Waals surface area contributed by atoms with Crippen molar-refractivity contribution in [3.63, 3.8) is 0 Å². The first kappa shape index (κ1) is 20.1. The van der Waals surface area contributed by atoms with Gasteiger partial charge in [0.2, 0.25) is 0 Å². The fraction of sp³-hybridized carbons (Fsp3) is 0.389. The molecule has 0 saturated carbocycles. The molecule has 0 spiro atoms. The van der Waals surface area contributed by atoms with Crippen LogP contribution in [0.15, 0.2) is 42.5 Å². The Labute approximate surface area is 179 Å². The maximum Gasteiger partial charge on any atom is 1.00 e. The molecule has 0 aliphatic rings. The number of rotatable bonds is 9. The molecule has 0 radical (unpaired) electrons. The van der Waals surface area contributed by atoms with Gasteiger partial charge in [0.25, 0.3) is 0 Å². The van der Waals surface area contributed by atoms with Crippen molar-refractivity contribution in [1.29, 1.82) is 0 Å². The minimum atomic E-state index is -0.942. The summed E-state index contributed by atoms with van der Waals surface area (Å²) in [6.45, 7) is 0. The van der Waals surface area contributed by atoms with Crippen molar-refractivity contribution in [2.45, 2.75) is 44.9 Å². The second-order valence-corrected chi connectivity index (χ2v) is 6.54. The van der Waals surface area contributed by atoms with Gasteiger partial charge in [0.1, 0.15) is 0 Å². The first-order chi connectivity index (χ1) is 10.2. The van der Waals surface area contributed by atoms with E-state index >= 15 is 0 Å². The van der Waals surface area contributed by atoms with E-state index in [4.69, 9.17) is 0 Å². The quantitative estimate of drug-likeness (QED) is 0.489. The van der Waals surface area contributed by atoms with Gasteiger partial charge in [-0.1, -0.05) is 30.3 Å². The standard InChI is InChI=1S/C18H22O2S.K/c19-18(20)12-5-4-10-16-13-14-17(21-16)11-6-9-15-7-2-1-3-8-15;/h1-3,7-8,13-14H,4-6,9-12H2,(H,19,20);/q;+1/p-1. The van der Waals surface area contributed by atoms with Crippen LogP contribution in [-0.4, -0.2) is 5.97 Å². The minimum Gasteiger partial charge on any atom is -0.550 e. The third-order valence-corrected chi connectivity index (χ3v) is 4.71. The fourth-order valence-corrected chi connectivity index (χ4v) is 3.47. The van der Waals surface area contributed by atoms with Gasteiger partial charge in [0.15, 0.2) is 0 Å². The molecule has 1 heterocycles. The van der Waals surface area contributed by atoms with Crippen molar-refractivity contribution in [2.24, 2.45) is 0 Å². The molecule has 112 valence electrons. The molecule has 1 aromatic carbocycles. The van der Waals surface area contributed by atoms with Crippen LogP contribution in [0.2, 0.25) is 0 Å². The zero-order chi connectivity index (χ0) is 14.9. The molecule has 0 amide bonds. The SMILES string of the molecule is O=C([O-])CCCCc1ccc(CCCc2ccccc2)s1.[K+]. The van der Waals surface area contributed by atoms with Crippen molar-refractivity contribution >= 4 is 17.3 Å². The van der Waals surface area contributed by atoms with E-state index in [9.17, 15) is 9.90 Å². The number of carbonyl (C=O) groups excluding carboxylic acids is 1. The van der Waals surface area contributed by atoms with Crippen molar-refractivity contribution < 1.29 is 61.3 Å². The predicted octanol–water partition coefficient (Wildman–Crippen LogP) is 0.390. The molecule has 0 atom stereocenters. The smallest absolute Gasteiger partial charge is 0.550 e. The molecule has 0 aliphatic carbocycles. The van der Waals surface area contributed by atoms with E-state index in [2.05, 4.69) is 42.5 Å². The number of carbonyl (C=O) groups is 1. The van der Waals surface area contributed by atoms with Crippen molar-refractivity contribution in [3.8, 4) is 0 Å². The Morgan fingerprint density at radius 2 is 1.50 bits per heavy atom. The summed E-state index contributed by atoms with van der Waals surface area (Å²) < 4.78 is 0. The van der Waals surface area contributed by atoms with E-state index in [-0.39, 0.29) is 57.8 Å². The van der Waals surface area contributed by atoms with Crippen LogP contribution >= 0.6 is 11.3 Å². The first-order valence-corrected chi connectivity index (χ1v) is 8.37. The summed E-state index contributed by atoms with van der Waals surface area (Å²) in [4.78, 5) is 13.1. The number of aryl methyl sites for hydroxylation is 3. The summed E-state index contributed by atoms with van der Waals surface area (Å²) in [6.07, 6.45) is 6.22. The van der Waals surface area contributed by atoms with Gasteiger partial charge in [0.05, 0.1) is 0 Å². The molecule has 0 saturated heterocycles. The van der Waals surface area contributed by atoms with Gasteiger partial charge >= 0.3 is 51.4 Å². The van der Waals surface area contributed by atoms with Crippen LogP contribution < -0.4 is 56.5 Å². The van der Waals surface area contributed by atoms with Crippen LogP contribution in [0, 0.1) is 0 Å². The Kier molecular flexibility index (Phi) is 10.5. The maximum absolute atomic E-state index is 10.3. The number of carboxylic acid groups (broad SMARTS) is 1. The zero-order valence-corrected chi connectivity index (χ0v) is 17.2. The van der Waals surface area contributed by atoms with E-state index in [0.29, 0.717) is 6.42 Å². The van der Waals surface area contributed by atoms with E-state index in [1.165, 1.54) is 21.7 Å². The fourth-order valence-electron chi connectivity index (χ4n) is 2.37. The molecule has 0 fully saturated rings. The number of thiophene rings is 1. The molecular formula is C18H21KO2S. The Bertz CT molecular complexity index is 551. The number of aliphatic carboxylic acids is 1. The van der Waals surface area contributed by atoms with Gasteiger partial charge < -0.3 is 9.90 Å². The summed E-state index contributed by atoms with van der Waals surface area (Å²) in [5.74, 6) is -0.942. The number of carboxylic acids is 1. The topological polar surface area (TPSA) is 40.1 Å². The average Bonchev–Trinajstić information content (AvgIpc) is 2.92. The van der Waals surface area contributed by atoms with E-state index < -0.39 is 5.97 Å². The Morgan fingerprint density at radius 1 is 0.864 bits per heavy atom. The predicted molar refractivity (Wildman–Crippen MR) is 85.3 cm³/mol. The third-order valence-electron chi connectivity index (χ3n) is 3.50. The molecule has 0 unspecified atom stereocenters. The molecule has 1 aromatic heterocycles. The summed E-state index contributed by atoms with van der Waals surface area (Å²) in [5, 5.41) is 10.3. The molecule has 2 nitrogen and oxygen atoms in total. The van der Waals surface area contributed by atoms with Crippen LogP contribution in [0.25, 0.3) is 0 Å². The molecule has 4 heteroatoms. The molecular weight excluding hydrogens is 319 g/mol. The van der Waals surface area contributed by atoms with Gasteiger partial charge in [0, 0.05) is 15.7 Å². The third kappa shape index (κ3) is 8.04. The Balaban J connectivity index is 0.00000242. The minimum absolute atomic E-state index is 0. The Morgan fingerprint density at radius 3 is 2.14 bits per heavy atom. The number of unbranched alkanes of at least 4 members (excludes halogenated alkanes) is 1. The summed E-state index contributed by atoms with van der Waals surface area (Å²) in [7, 11) is 0. The number of hydrogen-bond acceptors (Lipinski definition) is 3. The van der Waals surface area contributed by atoms with Crippen molar-refractivity contribution in [2.75, 3.05) is 0 Å². The molecule has 2 aromatic rings. The second kappa shape index (κ2) is 11.5.